The summed E-state index contributed by atoms with van der Waals surface area (Å²) in [4.78, 5) is 10.4. The lowest BCUT2D eigenvalue weighted by atomic mass is 9.82. The maximum absolute atomic E-state index is 10.4. The van der Waals surface area contributed by atoms with Crippen molar-refractivity contribution in [2.75, 3.05) is 0 Å². The standard InChI is InChI=1S/C11H21NO/c1-2-6-11(12-9-13)10-7-4-3-5-8-10/h9-11H,2-8H2,1H3,(H,12,13)/t11-/m1/s1. The lowest BCUT2D eigenvalue weighted by Crippen LogP contribution is -2.36. The van der Waals surface area contributed by atoms with Gasteiger partial charge in [-0.1, -0.05) is 32.6 Å². The lowest BCUT2D eigenvalue weighted by molar-refractivity contribution is -0.110. The second-order valence-electron chi connectivity index (χ2n) is 4.08. The van der Waals surface area contributed by atoms with Crippen LogP contribution in [0.3, 0.4) is 0 Å². The highest BCUT2D eigenvalue weighted by Crippen LogP contribution is 2.27. The molecule has 0 bridgehead atoms. The molecule has 0 spiro atoms. The minimum atomic E-state index is 0.447. The van der Waals surface area contributed by atoms with Crippen molar-refractivity contribution >= 4 is 6.41 Å². The molecule has 0 aromatic heterocycles. The smallest absolute Gasteiger partial charge is 0.207 e. The van der Waals surface area contributed by atoms with Gasteiger partial charge in [-0.05, 0) is 25.2 Å². The summed E-state index contributed by atoms with van der Waals surface area (Å²) in [5.74, 6) is 0.749. The SMILES string of the molecule is CCC[C@@H](NC=O)C1CCCCC1. The number of carbonyl (C=O) groups is 1. The molecule has 1 rings (SSSR count). The highest BCUT2D eigenvalue weighted by Gasteiger charge is 2.21. The van der Waals surface area contributed by atoms with Gasteiger partial charge in [0.1, 0.15) is 0 Å². The zero-order chi connectivity index (χ0) is 9.52. The summed E-state index contributed by atoms with van der Waals surface area (Å²) in [5.41, 5.74) is 0. The minimum Gasteiger partial charge on any atom is -0.356 e. The fourth-order valence-corrected chi connectivity index (χ4v) is 2.39. The summed E-state index contributed by atoms with van der Waals surface area (Å²) in [7, 11) is 0. The Morgan fingerprint density at radius 3 is 2.62 bits per heavy atom. The first-order valence-corrected chi connectivity index (χ1v) is 5.58. The number of rotatable bonds is 5. The van der Waals surface area contributed by atoms with Gasteiger partial charge in [-0.15, -0.1) is 0 Å². The van der Waals surface area contributed by atoms with Crippen LogP contribution in [0.1, 0.15) is 51.9 Å². The zero-order valence-corrected chi connectivity index (χ0v) is 8.59. The van der Waals surface area contributed by atoms with Crippen molar-refractivity contribution in [1.82, 2.24) is 5.32 Å². The molecule has 0 aromatic rings. The van der Waals surface area contributed by atoms with Crippen LogP contribution in [0, 0.1) is 5.92 Å². The van der Waals surface area contributed by atoms with E-state index in [1.807, 2.05) is 0 Å². The summed E-state index contributed by atoms with van der Waals surface area (Å²) >= 11 is 0. The maximum atomic E-state index is 10.4. The van der Waals surface area contributed by atoms with Crippen molar-refractivity contribution in [3.8, 4) is 0 Å². The predicted molar refractivity (Wildman–Crippen MR) is 54.5 cm³/mol. The number of carbonyl (C=O) groups excluding carboxylic acids is 1. The Bertz CT molecular complexity index is 141. The van der Waals surface area contributed by atoms with Crippen molar-refractivity contribution in [3.05, 3.63) is 0 Å². The van der Waals surface area contributed by atoms with E-state index >= 15 is 0 Å². The molecule has 0 radical (unpaired) electrons. The Balaban J connectivity index is 2.36. The molecule has 0 aromatic carbocycles. The van der Waals surface area contributed by atoms with Gasteiger partial charge in [0.2, 0.25) is 6.41 Å². The van der Waals surface area contributed by atoms with Crippen molar-refractivity contribution < 1.29 is 4.79 Å². The molecule has 2 heteroatoms. The van der Waals surface area contributed by atoms with Crippen molar-refractivity contribution in [2.45, 2.75) is 57.9 Å². The highest BCUT2D eigenvalue weighted by atomic mass is 16.1. The molecule has 0 unspecified atom stereocenters. The van der Waals surface area contributed by atoms with Crippen molar-refractivity contribution in [3.63, 3.8) is 0 Å². The first-order valence-electron chi connectivity index (χ1n) is 5.58. The van der Waals surface area contributed by atoms with Gasteiger partial charge in [0.05, 0.1) is 0 Å². The summed E-state index contributed by atoms with van der Waals surface area (Å²) in [5, 5.41) is 2.97. The van der Waals surface area contributed by atoms with E-state index in [1.165, 1.54) is 38.5 Å². The van der Waals surface area contributed by atoms with Crippen LogP contribution < -0.4 is 5.32 Å². The summed E-state index contributed by atoms with van der Waals surface area (Å²) in [6, 6.07) is 0.447. The van der Waals surface area contributed by atoms with Crippen LogP contribution in [0.2, 0.25) is 0 Å². The van der Waals surface area contributed by atoms with Gasteiger partial charge in [0, 0.05) is 6.04 Å². The molecular weight excluding hydrogens is 162 g/mol. The van der Waals surface area contributed by atoms with Gasteiger partial charge < -0.3 is 5.32 Å². The van der Waals surface area contributed by atoms with E-state index in [0.29, 0.717) is 6.04 Å². The quantitative estimate of drug-likeness (QED) is 0.652. The van der Waals surface area contributed by atoms with Crippen LogP contribution in [0.25, 0.3) is 0 Å². The third-order valence-electron chi connectivity index (χ3n) is 3.10. The molecule has 0 aliphatic heterocycles. The van der Waals surface area contributed by atoms with Crippen LogP contribution in [-0.4, -0.2) is 12.5 Å². The molecule has 1 amide bonds. The zero-order valence-electron chi connectivity index (χ0n) is 8.59. The molecule has 1 saturated carbocycles. The third kappa shape index (κ3) is 3.37. The van der Waals surface area contributed by atoms with Gasteiger partial charge in [-0.3, -0.25) is 4.79 Å². The molecule has 1 fully saturated rings. The topological polar surface area (TPSA) is 29.1 Å². The Hall–Kier alpha value is -0.530. The minimum absolute atomic E-state index is 0.447. The van der Waals surface area contributed by atoms with Crippen molar-refractivity contribution in [2.24, 2.45) is 5.92 Å². The molecule has 13 heavy (non-hydrogen) atoms. The van der Waals surface area contributed by atoms with E-state index < -0.39 is 0 Å². The number of amides is 1. The molecule has 1 aliphatic carbocycles. The van der Waals surface area contributed by atoms with E-state index in [9.17, 15) is 4.79 Å². The van der Waals surface area contributed by atoms with E-state index in [2.05, 4.69) is 12.2 Å². The Morgan fingerprint density at radius 1 is 1.38 bits per heavy atom. The van der Waals surface area contributed by atoms with Gasteiger partial charge in [0.25, 0.3) is 0 Å². The lowest BCUT2D eigenvalue weighted by Gasteiger charge is -2.29. The summed E-state index contributed by atoms with van der Waals surface area (Å²) < 4.78 is 0. The molecule has 1 atom stereocenters. The first kappa shape index (κ1) is 10.6. The molecule has 1 aliphatic rings. The fraction of sp³-hybridized carbons (Fsp3) is 0.909. The van der Waals surface area contributed by atoms with E-state index in [0.717, 1.165) is 18.7 Å². The number of nitrogens with one attached hydrogen (secondary N) is 1. The molecule has 2 nitrogen and oxygen atoms in total. The molecule has 76 valence electrons. The fourth-order valence-electron chi connectivity index (χ4n) is 2.39. The molecule has 0 saturated heterocycles. The van der Waals surface area contributed by atoms with Crippen LogP contribution in [0.5, 0.6) is 0 Å². The summed E-state index contributed by atoms with van der Waals surface area (Å²) in [6.07, 6.45) is 9.89. The van der Waals surface area contributed by atoms with Crippen LogP contribution in [-0.2, 0) is 4.79 Å². The van der Waals surface area contributed by atoms with Gasteiger partial charge in [0.15, 0.2) is 0 Å². The average molecular weight is 183 g/mol. The van der Waals surface area contributed by atoms with Crippen LogP contribution in [0.4, 0.5) is 0 Å². The Kier molecular flexibility index (Phi) is 4.87. The van der Waals surface area contributed by atoms with E-state index in [-0.39, 0.29) is 0 Å². The van der Waals surface area contributed by atoms with Crippen LogP contribution >= 0.6 is 0 Å². The van der Waals surface area contributed by atoms with E-state index in [4.69, 9.17) is 0 Å². The normalized spacial score (nSPS) is 21.0. The third-order valence-corrected chi connectivity index (χ3v) is 3.10. The second-order valence-corrected chi connectivity index (χ2v) is 4.08. The predicted octanol–water partition coefficient (Wildman–Crippen LogP) is 2.48. The van der Waals surface area contributed by atoms with Gasteiger partial charge in [-0.2, -0.15) is 0 Å². The monoisotopic (exact) mass is 183 g/mol. The number of hydrogen-bond donors (Lipinski definition) is 1. The second kappa shape index (κ2) is 6.01. The number of hydrogen-bond acceptors (Lipinski definition) is 1. The summed E-state index contributed by atoms with van der Waals surface area (Å²) in [6.45, 7) is 2.18. The molecular formula is C11H21NO. The van der Waals surface area contributed by atoms with Crippen LogP contribution in [0.15, 0.2) is 0 Å². The molecule has 1 N–H and O–H groups in total. The van der Waals surface area contributed by atoms with E-state index in [1.54, 1.807) is 0 Å². The van der Waals surface area contributed by atoms with Gasteiger partial charge >= 0.3 is 0 Å². The maximum Gasteiger partial charge on any atom is 0.207 e. The molecule has 0 heterocycles. The average Bonchev–Trinajstić information content (AvgIpc) is 2.19. The van der Waals surface area contributed by atoms with Gasteiger partial charge in [-0.25, -0.2) is 0 Å². The Labute approximate surface area is 81.1 Å². The first-order chi connectivity index (χ1) is 6.38. The highest BCUT2D eigenvalue weighted by molar-refractivity contribution is 5.46. The Morgan fingerprint density at radius 2 is 2.08 bits per heavy atom. The van der Waals surface area contributed by atoms with Crippen molar-refractivity contribution in [1.29, 1.82) is 0 Å². The largest absolute Gasteiger partial charge is 0.356 e.